The van der Waals surface area contributed by atoms with E-state index < -0.39 is 23.6 Å². The van der Waals surface area contributed by atoms with Gasteiger partial charge in [-0.25, -0.2) is 9.18 Å². The largest absolute Gasteiger partial charge is 0.416 e. The second-order valence-corrected chi connectivity index (χ2v) is 6.46. The van der Waals surface area contributed by atoms with Gasteiger partial charge in [0.05, 0.1) is 22.5 Å². The summed E-state index contributed by atoms with van der Waals surface area (Å²) in [4.78, 5) is 16.6. The maximum Gasteiger partial charge on any atom is 0.416 e. The molecule has 0 unspecified atom stereocenters. The molecule has 1 aromatic heterocycles. The van der Waals surface area contributed by atoms with E-state index in [4.69, 9.17) is 0 Å². The van der Waals surface area contributed by atoms with Gasteiger partial charge in [-0.2, -0.15) is 18.2 Å². The Labute approximate surface area is 145 Å². The Balaban J connectivity index is 1.98. The molecule has 0 N–H and O–H groups in total. The molecule has 0 bridgehead atoms. The lowest BCUT2D eigenvalue weighted by Crippen LogP contribution is -2.24. The van der Waals surface area contributed by atoms with E-state index in [2.05, 4.69) is 4.98 Å². The first-order valence-corrected chi connectivity index (χ1v) is 8.17. The molecule has 4 rings (SSSR count). The van der Waals surface area contributed by atoms with Gasteiger partial charge in [0.1, 0.15) is 6.17 Å². The number of hydrogen-bond acceptors (Lipinski definition) is 2. The molecule has 2 atom stereocenters. The number of rotatable bonds is 3. The molecule has 1 saturated carbocycles. The van der Waals surface area contributed by atoms with E-state index in [9.17, 15) is 22.4 Å². The monoisotopic (exact) mass is 362 g/mol. The molecule has 2 aromatic carbocycles. The van der Waals surface area contributed by atoms with E-state index >= 15 is 0 Å². The molecule has 0 saturated heterocycles. The Bertz CT molecular complexity index is 1030. The van der Waals surface area contributed by atoms with E-state index in [0.717, 1.165) is 16.7 Å². The van der Waals surface area contributed by atoms with E-state index in [1.165, 1.54) is 6.07 Å². The minimum Gasteiger partial charge on any atom is -0.260 e. The second-order valence-electron chi connectivity index (χ2n) is 6.46. The number of fused-ring (bicyclic) bond motifs is 1. The number of para-hydroxylation sites is 1. The van der Waals surface area contributed by atoms with E-state index in [1.54, 1.807) is 30.3 Å². The van der Waals surface area contributed by atoms with Crippen molar-refractivity contribution in [3.63, 3.8) is 0 Å². The van der Waals surface area contributed by atoms with Crippen LogP contribution in [-0.2, 0) is 12.6 Å². The molecule has 1 fully saturated rings. The van der Waals surface area contributed by atoms with Crippen LogP contribution in [0.5, 0.6) is 0 Å². The number of halogens is 4. The molecule has 7 heteroatoms. The van der Waals surface area contributed by atoms with E-state index in [-0.39, 0.29) is 17.9 Å². The number of alkyl halides is 4. The molecular formula is C19H14F4N2O. The first-order valence-electron chi connectivity index (χ1n) is 8.17. The third-order valence-corrected chi connectivity index (χ3v) is 4.60. The molecule has 3 aromatic rings. The quantitative estimate of drug-likeness (QED) is 0.651. The van der Waals surface area contributed by atoms with Crippen molar-refractivity contribution in [3.8, 4) is 5.69 Å². The standard InChI is InChI=1S/C19H14F4N2O/c20-15-8-11(15)9-16-14-7-6-12(19(21,22)23)10-17(14)25(18(26)24-16)13-4-2-1-3-5-13/h1-7,10-11,15H,8-9H2/t11-,15+/m0/s1. The predicted octanol–water partition coefficient (Wildman–Crippen LogP) is 4.31. The third-order valence-electron chi connectivity index (χ3n) is 4.60. The van der Waals surface area contributed by atoms with Crippen LogP contribution < -0.4 is 5.69 Å². The molecule has 1 aliphatic carbocycles. The fourth-order valence-electron chi connectivity index (χ4n) is 3.12. The molecule has 1 aliphatic rings. The lowest BCUT2D eigenvalue weighted by molar-refractivity contribution is -0.137. The summed E-state index contributed by atoms with van der Waals surface area (Å²) in [6, 6.07) is 11.6. The topological polar surface area (TPSA) is 34.9 Å². The van der Waals surface area contributed by atoms with Crippen molar-refractivity contribution in [1.29, 1.82) is 0 Å². The Morgan fingerprint density at radius 1 is 1.12 bits per heavy atom. The van der Waals surface area contributed by atoms with Crippen LogP contribution in [0.15, 0.2) is 53.3 Å². The van der Waals surface area contributed by atoms with Crippen molar-refractivity contribution in [2.24, 2.45) is 5.92 Å². The van der Waals surface area contributed by atoms with Gasteiger partial charge in [-0.1, -0.05) is 24.3 Å². The molecule has 26 heavy (non-hydrogen) atoms. The maximum absolute atomic E-state index is 13.3. The lowest BCUT2D eigenvalue weighted by Gasteiger charge is -2.15. The Kier molecular flexibility index (Phi) is 3.82. The summed E-state index contributed by atoms with van der Waals surface area (Å²) in [5, 5.41) is 0.431. The van der Waals surface area contributed by atoms with Crippen LogP contribution >= 0.6 is 0 Å². The van der Waals surface area contributed by atoms with Gasteiger partial charge in [0.25, 0.3) is 0 Å². The van der Waals surface area contributed by atoms with Gasteiger partial charge < -0.3 is 0 Å². The van der Waals surface area contributed by atoms with Crippen molar-refractivity contribution in [1.82, 2.24) is 9.55 Å². The van der Waals surface area contributed by atoms with Crippen LogP contribution in [0.1, 0.15) is 17.7 Å². The lowest BCUT2D eigenvalue weighted by atomic mass is 10.1. The second kappa shape index (κ2) is 5.93. The molecule has 0 amide bonds. The van der Waals surface area contributed by atoms with Crippen molar-refractivity contribution in [2.45, 2.75) is 25.2 Å². The normalized spacial score (nSPS) is 19.7. The zero-order chi connectivity index (χ0) is 18.5. The number of nitrogens with zero attached hydrogens (tertiary/aromatic N) is 2. The van der Waals surface area contributed by atoms with Gasteiger partial charge in [-0.3, -0.25) is 4.57 Å². The van der Waals surface area contributed by atoms with Crippen molar-refractivity contribution in [3.05, 3.63) is 70.3 Å². The predicted molar refractivity (Wildman–Crippen MR) is 89.0 cm³/mol. The SMILES string of the molecule is O=c1nc(C[C@@H]2C[C@H]2F)c2ccc(C(F)(F)F)cc2n1-c1ccccc1. The number of benzene rings is 2. The highest BCUT2D eigenvalue weighted by atomic mass is 19.4. The van der Waals surface area contributed by atoms with Gasteiger partial charge in [-0.05, 0) is 43.0 Å². The molecule has 0 aliphatic heterocycles. The molecule has 0 spiro atoms. The van der Waals surface area contributed by atoms with Gasteiger partial charge in [0.2, 0.25) is 0 Å². The highest BCUT2D eigenvalue weighted by molar-refractivity contribution is 5.83. The number of aromatic nitrogens is 2. The zero-order valence-electron chi connectivity index (χ0n) is 13.5. The molecule has 0 radical (unpaired) electrons. The first kappa shape index (κ1) is 16.8. The summed E-state index contributed by atoms with van der Waals surface area (Å²) in [6.45, 7) is 0. The minimum absolute atomic E-state index is 0.122. The first-order chi connectivity index (χ1) is 12.3. The van der Waals surface area contributed by atoms with E-state index in [0.29, 0.717) is 23.2 Å². The summed E-state index contributed by atoms with van der Waals surface area (Å²) < 4.78 is 53.9. The van der Waals surface area contributed by atoms with Crippen LogP contribution in [0, 0.1) is 5.92 Å². The molecular weight excluding hydrogens is 348 g/mol. The van der Waals surface area contributed by atoms with Crippen molar-refractivity contribution < 1.29 is 17.6 Å². The van der Waals surface area contributed by atoms with Crippen LogP contribution in [0.25, 0.3) is 16.6 Å². The van der Waals surface area contributed by atoms with Gasteiger partial charge in [0.15, 0.2) is 0 Å². The maximum atomic E-state index is 13.3. The van der Waals surface area contributed by atoms with Crippen molar-refractivity contribution >= 4 is 10.9 Å². The van der Waals surface area contributed by atoms with Gasteiger partial charge >= 0.3 is 11.9 Å². The highest BCUT2D eigenvalue weighted by Gasteiger charge is 2.38. The zero-order valence-corrected chi connectivity index (χ0v) is 13.5. The fraction of sp³-hybridized carbons (Fsp3) is 0.263. The van der Waals surface area contributed by atoms with Crippen molar-refractivity contribution in [2.75, 3.05) is 0 Å². The summed E-state index contributed by atoms with van der Waals surface area (Å²) in [6.07, 6.45) is -4.83. The van der Waals surface area contributed by atoms with Gasteiger partial charge in [-0.15, -0.1) is 0 Å². The summed E-state index contributed by atoms with van der Waals surface area (Å²) >= 11 is 0. The van der Waals surface area contributed by atoms with Crippen LogP contribution in [-0.4, -0.2) is 15.7 Å². The summed E-state index contributed by atoms with van der Waals surface area (Å²) in [7, 11) is 0. The molecule has 1 heterocycles. The number of hydrogen-bond donors (Lipinski definition) is 0. The summed E-state index contributed by atoms with van der Waals surface area (Å²) in [5.41, 5.74) is -0.626. The average Bonchev–Trinajstić information content (AvgIpc) is 3.29. The van der Waals surface area contributed by atoms with Crippen LogP contribution in [0.4, 0.5) is 17.6 Å². The third kappa shape index (κ3) is 2.98. The average molecular weight is 362 g/mol. The summed E-state index contributed by atoms with van der Waals surface area (Å²) in [5.74, 6) is -0.222. The Morgan fingerprint density at radius 3 is 2.42 bits per heavy atom. The minimum atomic E-state index is -4.53. The van der Waals surface area contributed by atoms with Crippen LogP contribution in [0.2, 0.25) is 0 Å². The highest BCUT2D eigenvalue weighted by Crippen LogP contribution is 2.38. The fourth-order valence-corrected chi connectivity index (χ4v) is 3.12. The molecule has 134 valence electrons. The van der Waals surface area contributed by atoms with Crippen LogP contribution in [0.3, 0.4) is 0 Å². The molecule has 3 nitrogen and oxygen atoms in total. The Hall–Kier alpha value is -2.70. The van der Waals surface area contributed by atoms with E-state index in [1.807, 2.05) is 0 Å². The smallest absolute Gasteiger partial charge is 0.260 e. The van der Waals surface area contributed by atoms with Gasteiger partial charge in [0, 0.05) is 5.39 Å². The Morgan fingerprint density at radius 2 is 1.81 bits per heavy atom.